The van der Waals surface area contributed by atoms with Crippen molar-refractivity contribution in [2.24, 2.45) is 11.8 Å². The molecule has 1 unspecified atom stereocenters. The molecule has 0 aliphatic heterocycles. The minimum atomic E-state index is -0.169. The summed E-state index contributed by atoms with van der Waals surface area (Å²) >= 11 is 5.40. The molecule has 0 fully saturated rings. The molecule has 0 saturated heterocycles. The molecule has 0 aliphatic carbocycles. The first-order valence-corrected chi connectivity index (χ1v) is 4.88. The molecule has 0 rings (SSSR count). The topological polar surface area (TPSA) is 38.3 Å². The van der Waals surface area contributed by atoms with Crippen molar-refractivity contribution >= 4 is 17.7 Å². The number of esters is 1. The van der Waals surface area contributed by atoms with Crippen molar-refractivity contribution in [1.82, 2.24) is 4.84 Å². The van der Waals surface area contributed by atoms with Gasteiger partial charge in [0.1, 0.15) is 0 Å². The summed E-state index contributed by atoms with van der Waals surface area (Å²) in [5.74, 6) is 0.669. The number of hydrogen-bond donors (Lipinski definition) is 1. The molecule has 4 heteroatoms. The molecule has 1 N–H and O–H groups in total. The molecule has 1 atom stereocenters. The summed E-state index contributed by atoms with van der Waals surface area (Å²) in [4.78, 5) is 13.6. The predicted molar refractivity (Wildman–Crippen MR) is 53.4 cm³/mol. The average Bonchev–Trinajstić information content (AvgIpc) is 2.03. The normalized spacial score (nSPS) is 13.0. The Morgan fingerprint density at radius 2 is 2.15 bits per heavy atom. The van der Waals surface area contributed by atoms with E-state index in [0.717, 1.165) is 6.42 Å². The van der Waals surface area contributed by atoms with Gasteiger partial charge in [0.05, 0.1) is 7.11 Å². The SMILES string of the molecule is COC(=O)CC(CNCl)CC(C)C. The van der Waals surface area contributed by atoms with Gasteiger partial charge in [-0.1, -0.05) is 13.8 Å². The lowest BCUT2D eigenvalue weighted by Gasteiger charge is -2.16. The van der Waals surface area contributed by atoms with E-state index < -0.39 is 0 Å². The van der Waals surface area contributed by atoms with Crippen molar-refractivity contribution in [3.8, 4) is 0 Å². The Kier molecular flexibility index (Phi) is 7.00. The summed E-state index contributed by atoms with van der Waals surface area (Å²) in [5.41, 5.74) is 0. The van der Waals surface area contributed by atoms with Crippen LogP contribution in [0.15, 0.2) is 0 Å². The fourth-order valence-corrected chi connectivity index (χ4v) is 1.55. The minimum absolute atomic E-state index is 0.169. The third-order valence-corrected chi connectivity index (χ3v) is 2.01. The molecule has 0 saturated carbocycles. The largest absolute Gasteiger partial charge is 0.469 e. The van der Waals surface area contributed by atoms with Crippen LogP contribution in [0.1, 0.15) is 26.7 Å². The van der Waals surface area contributed by atoms with Crippen LogP contribution in [0.4, 0.5) is 0 Å². The van der Waals surface area contributed by atoms with E-state index >= 15 is 0 Å². The van der Waals surface area contributed by atoms with Gasteiger partial charge >= 0.3 is 5.97 Å². The first-order valence-electron chi connectivity index (χ1n) is 4.50. The number of rotatable bonds is 6. The van der Waals surface area contributed by atoms with E-state index in [0.29, 0.717) is 18.9 Å². The quantitative estimate of drug-likeness (QED) is 0.535. The van der Waals surface area contributed by atoms with Crippen LogP contribution in [0.2, 0.25) is 0 Å². The second-order valence-electron chi connectivity index (χ2n) is 3.61. The van der Waals surface area contributed by atoms with Crippen LogP contribution in [0.25, 0.3) is 0 Å². The molecule has 78 valence electrons. The highest BCUT2D eigenvalue weighted by Gasteiger charge is 2.15. The predicted octanol–water partition coefficient (Wildman–Crippen LogP) is 1.96. The Morgan fingerprint density at radius 3 is 2.54 bits per heavy atom. The minimum Gasteiger partial charge on any atom is -0.469 e. The summed E-state index contributed by atoms with van der Waals surface area (Å²) < 4.78 is 4.60. The Bertz CT molecular complexity index is 151. The second kappa shape index (κ2) is 7.15. The Labute approximate surface area is 84.9 Å². The third-order valence-electron chi connectivity index (χ3n) is 1.85. The number of methoxy groups -OCH3 is 1. The molecule has 3 nitrogen and oxygen atoms in total. The highest BCUT2D eigenvalue weighted by atomic mass is 35.5. The fraction of sp³-hybridized carbons (Fsp3) is 0.889. The highest BCUT2D eigenvalue weighted by molar-refractivity contribution is 6.13. The molecule has 13 heavy (non-hydrogen) atoms. The Morgan fingerprint density at radius 1 is 1.54 bits per heavy atom. The molecular formula is C9H18ClNO2. The molecule has 0 spiro atoms. The first kappa shape index (κ1) is 12.7. The number of hydrogen-bond acceptors (Lipinski definition) is 3. The van der Waals surface area contributed by atoms with Gasteiger partial charge < -0.3 is 4.74 Å². The third kappa shape index (κ3) is 6.84. The van der Waals surface area contributed by atoms with Crippen molar-refractivity contribution in [1.29, 1.82) is 0 Å². The number of carbonyl (C=O) groups is 1. The van der Waals surface area contributed by atoms with E-state index in [1.54, 1.807) is 0 Å². The van der Waals surface area contributed by atoms with Gasteiger partial charge in [-0.2, -0.15) is 0 Å². The van der Waals surface area contributed by atoms with Gasteiger partial charge in [-0.15, -0.1) is 0 Å². The van der Waals surface area contributed by atoms with E-state index in [2.05, 4.69) is 23.4 Å². The zero-order valence-electron chi connectivity index (χ0n) is 8.47. The molecule has 0 aliphatic rings. The van der Waals surface area contributed by atoms with E-state index in [4.69, 9.17) is 11.8 Å². The molecular weight excluding hydrogens is 190 g/mol. The maximum atomic E-state index is 11.0. The molecule has 0 bridgehead atoms. The van der Waals surface area contributed by atoms with Gasteiger partial charge in [-0.25, -0.2) is 4.84 Å². The van der Waals surface area contributed by atoms with Crippen molar-refractivity contribution < 1.29 is 9.53 Å². The van der Waals surface area contributed by atoms with Crippen LogP contribution in [0.3, 0.4) is 0 Å². The monoisotopic (exact) mass is 207 g/mol. The summed E-state index contributed by atoms with van der Waals surface area (Å²) in [7, 11) is 1.41. The molecule has 0 radical (unpaired) electrons. The lowest BCUT2D eigenvalue weighted by molar-refractivity contribution is -0.141. The Balaban J connectivity index is 3.86. The maximum absolute atomic E-state index is 11.0. The van der Waals surface area contributed by atoms with Gasteiger partial charge in [0.15, 0.2) is 0 Å². The number of nitrogens with one attached hydrogen (secondary N) is 1. The lowest BCUT2D eigenvalue weighted by atomic mass is 9.94. The smallest absolute Gasteiger partial charge is 0.305 e. The molecule has 0 aromatic carbocycles. The van der Waals surface area contributed by atoms with Crippen LogP contribution < -0.4 is 4.84 Å². The summed E-state index contributed by atoms with van der Waals surface area (Å²) in [6.07, 6.45) is 1.42. The molecule has 0 heterocycles. The van der Waals surface area contributed by atoms with Crippen LogP contribution in [0, 0.1) is 11.8 Å². The number of halogens is 1. The van der Waals surface area contributed by atoms with E-state index in [1.165, 1.54) is 7.11 Å². The summed E-state index contributed by atoms with van der Waals surface area (Å²) in [5, 5.41) is 0. The first-order chi connectivity index (χ1) is 6.10. The van der Waals surface area contributed by atoms with Gasteiger partial charge in [-0.05, 0) is 30.0 Å². The van der Waals surface area contributed by atoms with E-state index in [1.807, 2.05) is 0 Å². The van der Waals surface area contributed by atoms with Crippen LogP contribution >= 0.6 is 11.8 Å². The maximum Gasteiger partial charge on any atom is 0.305 e. The van der Waals surface area contributed by atoms with Crippen LogP contribution in [-0.4, -0.2) is 19.6 Å². The van der Waals surface area contributed by atoms with E-state index in [-0.39, 0.29) is 11.9 Å². The van der Waals surface area contributed by atoms with E-state index in [9.17, 15) is 4.79 Å². The van der Waals surface area contributed by atoms with Gasteiger partial charge in [-0.3, -0.25) is 4.79 Å². The van der Waals surface area contributed by atoms with Gasteiger partial charge in [0.25, 0.3) is 0 Å². The number of carbonyl (C=O) groups excluding carboxylic acids is 1. The average molecular weight is 208 g/mol. The highest BCUT2D eigenvalue weighted by Crippen LogP contribution is 2.15. The molecule has 0 amide bonds. The zero-order valence-corrected chi connectivity index (χ0v) is 9.23. The van der Waals surface area contributed by atoms with Crippen molar-refractivity contribution in [3.05, 3.63) is 0 Å². The lowest BCUT2D eigenvalue weighted by Crippen LogP contribution is -2.21. The van der Waals surface area contributed by atoms with Crippen molar-refractivity contribution in [2.45, 2.75) is 26.7 Å². The van der Waals surface area contributed by atoms with Crippen molar-refractivity contribution in [3.63, 3.8) is 0 Å². The second-order valence-corrected chi connectivity index (χ2v) is 3.88. The van der Waals surface area contributed by atoms with Gasteiger partial charge in [0.2, 0.25) is 0 Å². The molecule has 0 aromatic rings. The summed E-state index contributed by atoms with van der Waals surface area (Å²) in [6.45, 7) is 4.89. The zero-order chi connectivity index (χ0) is 10.3. The van der Waals surface area contributed by atoms with Crippen LogP contribution in [0.5, 0.6) is 0 Å². The molecule has 0 aromatic heterocycles. The number of ether oxygens (including phenoxy) is 1. The standard InChI is InChI=1S/C9H18ClNO2/c1-7(2)4-8(6-11-10)5-9(12)13-3/h7-8,11H,4-6H2,1-3H3. The van der Waals surface area contributed by atoms with Crippen molar-refractivity contribution in [2.75, 3.05) is 13.7 Å². The van der Waals surface area contributed by atoms with Gasteiger partial charge in [0, 0.05) is 13.0 Å². The van der Waals surface area contributed by atoms with Crippen LogP contribution in [-0.2, 0) is 9.53 Å². The fourth-order valence-electron chi connectivity index (χ4n) is 1.33. The summed E-state index contributed by atoms with van der Waals surface area (Å²) in [6, 6.07) is 0. The Hall–Kier alpha value is -0.280.